The molecule has 1 heterocycles. The van der Waals surface area contributed by atoms with E-state index in [1.165, 1.54) is 11.1 Å². The summed E-state index contributed by atoms with van der Waals surface area (Å²) < 4.78 is 11.0. The van der Waals surface area contributed by atoms with Gasteiger partial charge in [-0.05, 0) is 51.0 Å². The Morgan fingerprint density at radius 2 is 1.64 bits per heavy atom. The summed E-state index contributed by atoms with van der Waals surface area (Å²) in [6.45, 7) is 7.03. The molecule has 0 atom stereocenters. The quantitative estimate of drug-likeness (QED) is 0.740. The lowest BCUT2D eigenvalue weighted by Gasteiger charge is -2.26. The van der Waals surface area contributed by atoms with E-state index in [4.69, 9.17) is 9.47 Å². The van der Waals surface area contributed by atoms with E-state index in [-0.39, 0.29) is 30.1 Å². The van der Waals surface area contributed by atoms with Crippen molar-refractivity contribution in [2.24, 2.45) is 0 Å². The van der Waals surface area contributed by atoms with Gasteiger partial charge in [-0.25, -0.2) is 0 Å². The minimum atomic E-state index is -0.383. The number of amides is 1. The van der Waals surface area contributed by atoms with Gasteiger partial charge in [0.2, 0.25) is 5.91 Å². The zero-order valence-corrected chi connectivity index (χ0v) is 16.7. The molecular weight excluding hydrogens is 354 g/mol. The predicted molar refractivity (Wildman–Crippen MR) is 108 cm³/mol. The van der Waals surface area contributed by atoms with Crippen molar-refractivity contribution in [3.63, 3.8) is 0 Å². The fourth-order valence-electron chi connectivity index (χ4n) is 3.29. The van der Waals surface area contributed by atoms with Gasteiger partial charge in [0, 0.05) is 23.9 Å². The summed E-state index contributed by atoms with van der Waals surface area (Å²) in [4.78, 5) is 24.8. The summed E-state index contributed by atoms with van der Waals surface area (Å²) in [7, 11) is 0. The first-order valence-corrected chi connectivity index (χ1v) is 9.62. The van der Waals surface area contributed by atoms with Crippen molar-refractivity contribution in [1.29, 1.82) is 0 Å². The second-order valence-electron chi connectivity index (χ2n) is 7.88. The summed E-state index contributed by atoms with van der Waals surface area (Å²) >= 11 is 0. The van der Waals surface area contributed by atoms with Gasteiger partial charge in [-0.15, -0.1) is 0 Å². The molecule has 0 aliphatic carbocycles. The Morgan fingerprint density at radius 1 is 0.964 bits per heavy atom. The molecule has 1 aliphatic rings. The highest BCUT2D eigenvalue weighted by molar-refractivity contribution is 5.98. The summed E-state index contributed by atoms with van der Waals surface area (Å²) in [5.74, 6) is 1.03. The zero-order chi connectivity index (χ0) is 20.1. The maximum absolute atomic E-state index is 12.4. The van der Waals surface area contributed by atoms with E-state index in [1.807, 2.05) is 13.8 Å². The van der Waals surface area contributed by atoms with Crippen LogP contribution in [0.5, 0.6) is 11.5 Å². The molecule has 5 heteroatoms. The molecular formula is C23H27NO4. The minimum absolute atomic E-state index is 0.0801. The summed E-state index contributed by atoms with van der Waals surface area (Å²) in [5.41, 5.74) is 2.54. The third-order valence-corrected chi connectivity index (χ3v) is 4.69. The van der Waals surface area contributed by atoms with Crippen LogP contribution in [0.15, 0.2) is 42.5 Å². The molecule has 0 bridgehead atoms. The third kappa shape index (κ3) is 5.35. The van der Waals surface area contributed by atoms with Crippen molar-refractivity contribution in [2.45, 2.75) is 45.6 Å². The van der Waals surface area contributed by atoms with Gasteiger partial charge in [0.1, 0.15) is 13.2 Å². The molecule has 148 valence electrons. The lowest BCUT2D eigenvalue weighted by Crippen LogP contribution is -2.45. The molecule has 2 aromatic carbocycles. The SMILES string of the molecule is Cc1ccc(CC(C)(C)NC(=O)CCC(=O)c2ccc3c(c2)OCCO3)cc1. The first-order chi connectivity index (χ1) is 13.3. The number of hydrogen-bond acceptors (Lipinski definition) is 4. The molecule has 3 rings (SSSR count). The van der Waals surface area contributed by atoms with E-state index in [2.05, 4.69) is 36.5 Å². The maximum atomic E-state index is 12.4. The number of hydrogen-bond donors (Lipinski definition) is 1. The smallest absolute Gasteiger partial charge is 0.220 e. The topological polar surface area (TPSA) is 64.6 Å². The minimum Gasteiger partial charge on any atom is -0.486 e. The largest absolute Gasteiger partial charge is 0.486 e. The Kier molecular flexibility index (Phi) is 6.02. The number of fused-ring (bicyclic) bond motifs is 1. The van der Waals surface area contributed by atoms with Gasteiger partial charge in [-0.3, -0.25) is 9.59 Å². The molecule has 1 N–H and O–H groups in total. The molecule has 5 nitrogen and oxygen atoms in total. The number of carbonyl (C=O) groups is 2. The molecule has 0 radical (unpaired) electrons. The third-order valence-electron chi connectivity index (χ3n) is 4.69. The second kappa shape index (κ2) is 8.46. The highest BCUT2D eigenvalue weighted by Crippen LogP contribution is 2.31. The monoisotopic (exact) mass is 381 g/mol. The van der Waals surface area contributed by atoms with Gasteiger partial charge < -0.3 is 14.8 Å². The lowest BCUT2D eigenvalue weighted by atomic mass is 9.94. The average molecular weight is 381 g/mol. The van der Waals surface area contributed by atoms with Crippen molar-refractivity contribution < 1.29 is 19.1 Å². The van der Waals surface area contributed by atoms with E-state index in [9.17, 15) is 9.59 Å². The fourth-order valence-corrected chi connectivity index (χ4v) is 3.29. The number of rotatable bonds is 7. The molecule has 0 fully saturated rings. The predicted octanol–water partition coefficient (Wildman–Crippen LogP) is 3.87. The Balaban J connectivity index is 1.51. The number of ether oxygens (including phenoxy) is 2. The Bertz CT molecular complexity index is 855. The van der Waals surface area contributed by atoms with Crippen LogP contribution in [0.2, 0.25) is 0 Å². The van der Waals surface area contributed by atoms with Crippen molar-refractivity contribution in [3.8, 4) is 11.5 Å². The van der Waals surface area contributed by atoms with Crippen molar-refractivity contribution in [2.75, 3.05) is 13.2 Å². The van der Waals surface area contributed by atoms with Crippen LogP contribution < -0.4 is 14.8 Å². The molecule has 2 aromatic rings. The first kappa shape index (κ1) is 19.9. The first-order valence-electron chi connectivity index (χ1n) is 9.62. The van der Waals surface area contributed by atoms with Gasteiger partial charge in [0.25, 0.3) is 0 Å². The lowest BCUT2D eigenvalue weighted by molar-refractivity contribution is -0.122. The van der Waals surface area contributed by atoms with Gasteiger partial charge in [0.15, 0.2) is 17.3 Å². The van der Waals surface area contributed by atoms with E-state index in [1.54, 1.807) is 18.2 Å². The fraction of sp³-hybridized carbons (Fsp3) is 0.391. The number of carbonyl (C=O) groups excluding carboxylic acids is 2. The molecule has 1 aliphatic heterocycles. The van der Waals surface area contributed by atoms with Crippen LogP contribution in [0.3, 0.4) is 0 Å². The van der Waals surface area contributed by atoms with Crippen molar-refractivity contribution >= 4 is 11.7 Å². The number of Topliss-reactive ketones (excluding diaryl/α,β-unsaturated/α-hetero) is 1. The Morgan fingerprint density at radius 3 is 2.36 bits per heavy atom. The maximum Gasteiger partial charge on any atom is 0.220 e. The van der Waals surface area contributed by atoms with Crippen LogP contribution >= 0.6 is 0 Å². The highest BCUT2D eigenvalue weighted by Gasteiger charge is 2.22. The molecule has 0 aromatic heterocycles. The summed E-state index contributed by atoms with van der Waals surface area (Å²) in [6, 6.07) is 13.4. The standard InChI is InChI=1S/C23H27NO4/c1-16-4-6-17(7-5-16)15-23(2,3)24-22(26)11-9-19(25)18-8-10-20-21(14-18)28-13-12-27-20/h4-8,10,14H,9,11-13,15H2,1-3H3,(H,24,26). The van der Waals surface area contributed by atoms with Crippen LogP contribution in [0.1, 0.15) is 48.2 Å². The Hall–Kier alpha value is -2.82. The molecule has 0 unspecified atom stereocenters. The second-order valence-corrected chi connectivity index (χ2v) is 7.88. The van der Waals surface area contributed by atoms with E-state index in [0.717, 1.165) is 6.42 Å². The number of benzene rings is 2. The normalized spacial score (nSPS) is 13.1. The number of aryl methyl sites for hydroxylation is 1. The molecule has 28 heavy (non-hydrogen) atoms. The van der Waals surface area contributed by atoms with Crippen LogP contribution in [-0.2, 0) is 11.2 Å². The van der Waals surface area contributed by atoms with Gasteiger partial charge in [-0.2, -0.15) is 0 Å². The van der Waals surface area contributed by atoms with E-state index >= 15 is 0 Å². The van der Waals surface area contributed by atoms with E-state index < -0.39 is 0 Å². The average Bonchev–Trinajstić information content (AvgIpc) is 2.67. The van der Waals surface area contributed by atoms with Gasteiger partial charge in [-0.1, -0.05) is 29.8 Å². The molecule has 0 saturated carbocycles. The van der Waals surface area contributed by atoms with Crippen molar-refractivity contribution in [1.82, 2.24) is 5.32 Å². The number of nitrogens with one attached hydrogen (secondary N) is 1. The summed E-state index contributed by atoms with van der Waals surface area (Å²) in [5, 5.41) is 3.04. The molecule has 0 saturated heterocycles. The summed E-state index contributed by atoms with van der Waals surface area (Å²) in [6.07, 6.45) is 1.05. The Labute approximate surface area is 166 Å². The van der Waals surface area contributed by atoms with Crippen LogP contribution in [0.4, 0.5) is 0 Å². The number of ketones is 1. The highest BCUT2D eigenvalue weighted by atomic mass is 16.6. The molecule has 0 spiro atoms. The zero-order valence-electron chi connectivity index (χ0n) is 16.7. The van der Waals surface area contributed by atoms with Crippen LogP contribution in [0.25, 0.3) is 0 Å². The van der Waals surface area contributed by atoms with Crippen LogP contribution in [-0.4, -0.2) is 30.4 Å². The molecule has 1 amide bonds. The van der Waals surface area contributed by atoms with Gasteiger partial charge in [0.05, 0.1) is 0 Å². The van der Waals surface area contributed by atoms with Crippen LogP contribution in [0, 0.1) is 6.92 Å². The van der Waals surface area contributed by atoms with Gasteiger partial charge >= 0.3 is 0 Å². The van der Waals surface area contributed by atoms with Crippen molar-refractivity contribution in [3.05, 3.63) is 59.2 Å². The van der Waals surface area contributed by atoms with E-state index in [0.29, 0.717) is 30.3 Å².